The molecule has 1 N–H and O–H groups in total. The monoisotopic (exact) mass is 166 g/mol. The molecule has 0 saturated carbocycles. The van der Waals surface area contributed by atoms with Crippen LogP contribution in [0.2, 0.25) is 0 Å². The van der Waals surface area contributed by atoms with Gasteiger partial charge < -0.3 is 9.84 Å². The zero-order chi connectivity index (χ0) is 8.65. The quantitative estimate of drug-likeness (QED) is 0.630. The molecule has 0 aromatic heterocycles. The van der Waals surface area contributed by atoms with Crippen molar-refractivity contribution < 1.29 is 18.6 Å². The summed E-state index contributed by atoms with van der Waals surface area (Å²) in [5.41, 5.74) is 0. The summed E-state index contributed by atoms with van der Waals surface area (Å²) in [6, 6.07) is 0. The van der Waals surface area contributed by atoms with E-state index in [2.05, 4.69) is 0 Å². The van der Waals surface area contributed by atoms with E-state index < -0.39 is 24.0 Å². The van der Waals surface area contributed by atoms with Crippen LogP contribution in [0.25, 0.3) is 0 Å². The molecular weight excluding hydrogens is 154 g/mol. The van der Waals surface area contributed by atoms with Gasteiger partial charge >= 0.3 is 0 Å². The SMILES string of the molecule is CC1[C@@H](CO)O[C@@H](C)C1(F)F. The van der Waals surface area contributed by atoms with Crippen LogP contribution in [-0.4, -0.2) is 29.8 Å². The van der Waals surface area contributed by atoms with E-state index in [9.17, 15) is 8.78 Å². The summed E-state index contributed by atoms with van der Waals surface area (Å²) in [6.07, 6.45) is -1.78. The van der Waals surface area contributed by atoms with Crippen LogP contribution in [-0.2, 0) is 4.74 Å². The molecule has 0 radical (unpaired) electrons. The molecule has 0 aliphatic carbocycles. The molecule has 0 aromatic rings. The molecule has 1 heterocycles. The van der Waals surface area contributed by atoms with E-state index in [1.807, 2.05) is 0 Å². The molecule has 0 amide bonds. The highest BCUT2D eigenvalue weighted by Crippen LogP contribution is 2.40. The fourth-order valence-electron chi connectivity index (χ4n) is 1.29. The van der Waals surface area contributed by atoms with Gasteiger partial charge in [-0.25, -0.2) is 8.78 Å². The predicted octanol–water partition coefficient (Wildman–Crippen LogP) is 1.04. The molecule has 0 aromatic carbocycles. The Balaban J connectivity index is 2.71. The van der Waals surface area contributed by atoms with Gasteiger partial charge in [0.05, 0.1) is 18.6 Å². The minimum Gasteiger partial charge on any atom is -0.394 e. The largest absolute Gasteiger partial charge is 0.394 e. The van der Waals surface area contributed by atoms with E-state index >= 15 is 0 Å². The number of hydrogen-bond donors (Lipinski definition) is 1. The first-order valence-electron chi connectivity index (χ1n) is 3.64. The molecule has 3 atom stereocenters. The van der Waals surface area contributed by atoms with Crippen molar-refractivity contribution in [1.29, 1.82) is 0 Å². The standard InChI is InChI=1S/C7H12F2O2/c1-4-6(3-10)11-5(2)7(4,8)9/h4-6,10H,3H2,1-2H3/t4?,5-,6+/m0/s1. The average Bonchev–Trinajstić information content (AvgIpc) is 2.14. The van der Waals surface area contributed by atoms with Gasteiger partial charge in [-0.15, -0.1) is 0 Å². The Labute approximate surface area is 64.2 Å². The minimum absolute atomic E-state index is 0.332. The Morgan fingerprint density at radius 1 is 1.45 bits per heavy atom. The lowest BCUT2D eigenvalue weighted by Gasteiger charge is -2.17. The normalized spacial score (nSPS) is 42.8. The van der Waals surface area contributed by atoms with Crippen LogP contribution in [0.4, 0.5) is 8.78 Å². The van der Waals surface area contributed by atoms with Crippen LogP contribution >= 0.6 is 0 Å². The average molecular weight is 166 g/mol. The molecule has 1 rings (SSSR count). The van der Waals surface area contributed by atoms with Crippen molar-refractivity contribution in [2.45, 2.75) is 32.0 Å². The van der Waals surface area contributed by atoms with E-state index in [-0.39, 0.29) is 6.61 Å². The molecule has 1 fully saturated rings. The third-order valence-electron chi connectivity index (χ3n) is 2.27. The number of hydrogen-bond acceptors (Lipinski definition) is 2. The van der Waals surface area contributed by atoms with Crippen LogP contribution < -0.4 is 0 Å². The van der Waals surface area contributed by atoms with Gasteiger partial charge in [-0.05, 0) is 6.92 Å². The number of aliphatic hydroxyl groups is 1. The maximum absolute atomic E-state index is 12.9. The topological polar surface area (TPSA) is 29.5 Å². The van der Waals surface area contributed by atoms with Crippen molar-refractivity contribution >= 4 is 0 Å². The van der Waals surface area contributed by atoms with Crippen LogP contribution in [0.5, 0.6) is 0 Å². The lowest BCUT2D eigenvalue weighted by Crippen LogP contribution is -2.32. The van der Waals surface area contributed by atoms with Crippen LogP contribution in [0, 0.1) is 5.92 Å². The van der Waals surface area contributed by atoms with Crippen molar-refractivity contribution in [2.75, 3.05) is 6.61 Å². The van der Waals surface area contributed by atoms with Gasteiger partial charge in [0, 0.05) is 0 Å². The lowest BCUT2D eigenvalue weighted by molar-refractivity contribution is -0.0778. The highest BCUT2D eigenvalue weighted by molar-refractivity contribution is 4.92. The van der Waals surface area contributed by atoms with Gasteiger partial charge in [-0.3, -0.25) is 0 Å². The van der Waals surface area contributed by atoms with Crippen LogP contribution in [0.15, 0.2) is 0 Å². The minimum atomic E-state index is -2.80. The second kappa shape index (κ2) is 2.68. The van der Waals surface area contributed by atoms with Crippen molar-refractivity contribution in [3.63, 3.8) is 0 Å². The fourth-order valence-corrected chi connectivity index (χ4v) is 1.29. The molecule has 1 aliphatic heterocycles. The van der Waals surface area contributed by atoms with Gasteiger partial charge in [-0.2, -0.15) is 0 Å². The summed E-state index contributed by atoms with van der Waals surface area (Å²) in [4.78, 5) is 0. The summed E-state index contributed by atoms with van der Waals surface area (Å²) < 4.78 is 30.7. The molecule has 1 aliphatic rings. The summed E-state index contributed by atoms with van der Waals surface area (Å²) in [7, 11) is 0. The zero-order valence-corrected chi connectivity index (χ0v) is 6.55. The maximum atomic E-state index is 12.9. The molecule has 1 unspecified atom stereocenters. The predicted molar refractivity (Wildman–Crippen MR) is 35.5 cm³/mol. The lowest BCUT2D eigenvalue weighted by atomic mass is 9.98. The Morgan fingerprint density at radius 3 is 2.18 bits per heavy atom. The Bertz CT molecular complexity index is 149. The first-order valence-corrected chi connectivity index (χ1v) is 3.64. The zero-order valence-electron chi connectivity index (χ0n) is 6.55. The summed E-state index contributed by atoms with van der Waals surface area (Å²) >= 11 is 0. The maximum Gasteiger partial charge on any atom is 0.278 e. The van der Waals surface area contributed by atoms with E-state index in [4.69, 9.17) is 9.84 Å². The highest BCUT2D eigenvalue weighted by atomic mass is 19.3. The number of aliphatic hydroxyl groups excluding tert-OH is 1. The molecule has 0 bridgehead atoms. The summed E-state index contributed by atoms with van der Waals surface area (Å²) in [5, 5.41) is 8.63. The summed E-state index contributed by atoms with van der Waals surface area (Å²) in [5.74, 6) is -3.68. The van der Waals surface area contributed by atoms with Crippen molar-refractivity contribution in [1.82, 2.24) is 0 Å². The van der Waals surface area contributed by atoms with Crippen molar-refractivity contribution in [3.8, 4) is 0 Å². The number of rotatable bonds is 1. The molecule has 66 valence electrons. The number of alkyl halides is 2. The molecule has 1 saturated heterocycles. The number of halogens is 2. The van der Waals surface area contributed by atoms with Gasteiger partial charge in [0.2, 0.25) is 0 Å². The molecular formula is C7H12F2O2. The van der Waals surface area contributed by atoms with Gasteiger partial charge in [0.1, 0.15) is 6.10 Å². The molecule has 4 heteroatoms. The first-order chi connectivity index (χ1) is 5.00. The number of ether oxygens (including phenoxy) is 1. The van der Waals surface area contributed by atoms with Crippen molar-refractivity contribution in [3.05, 3.63) is 0 Å². The fraction of sp³-hybridized carbons (Fsp3) is 1.00. The third kappa shape index (κ3) is 1.25. The van der Waals surface area contributed by atoms with Crippen LogP contribution in [0.3, 0.4) is 0 Å². The molecule has 11 heavy (non-hydrogen) atoms. The van der Waals surface area contributed by atoms with Gasteiger partial charge in [0.25, 0.3) is 5.92 Å². The van der Waals surface area contributed by atoms with E-state index in [0.717, 1.165) is 0 Å². The van der Waals surface area contributed by atoms with Crippen molar-refractivity contribution in [2.24, 2.45) is 5.92 Å². The van der Waals surface area contributed by atoms with Crippen LogP contribution in [0.1, 0.15) is 13.8 Å². The Kier molecular flexibility index (Phi) is 2.16. The van der Waals surface area contributed by atoms with E-state index in [1.54, 1.807) is 0 Å². The smallest absolute Gasteiger partial charge is 0.278 e. The second-order valence-corrected chi connectivity index (χ2v) is 2.96. The second-order valence-electron chi connectivity index (χ2n) is 2.96. The van der Waals surface area contributed by atoms with E-state index in [0.29, 0.717) is 0 Å². The first kappa shape index (κ1) is 8.87. The van der Waals surface area contributed by atoms with Gasteiger partial charge in [0.15, 0.2) is 0 Å². The molecule has 0 spiro atoms. The Hall–Kier alpha value is -0.220. The third-order valence-corrected chi connectivity index (χ3v) is 2.27. The van der Waals surface area contributed by atoms with Gasteiger partial charge in [-0.1, -0.05) is 6.92 Å². The highest BCUT2D eigenvalue weighted by Gasteiger charge is 2.53. The summed E-state index contributed by atoms with van der Waals surface area (Å²) in [6.45, 7) is 2.39. The molecule has 2 nitrogen and oxygen atoms in total. The van der Waals surface area contributed by atoms with E-state index in [1.165, 1.54) is 13.8 Å². The Morgan fingerprint density at radius 2 is 2.00 bits per heavy atom.